The van der Waals surface area contributed by atoms with Crippen LogP contribution >= 0.6 is 0 Å². The number of carbonyl (C=O) groups excluding carboxylic acids is 1. The highest BCUT2D eigenvalue weighted by Gasteiger charge is 2.07. The number of aryl methyl sites for hydroxylation is 1. The number of ether oxygens (including phenoxy) is 2. The van der Waals surface area contributed by atoms with E-state index >= 15 is 0 Å². The number of para-hydroxylation sites is 1. The van der Waals surface area contributed by atoms with Gasteiger partial charge in [0.1, 0.15) is 12.4 Å². The number of hydrogen-bond acceptors (Lipinski definition) is 4. The molecular weight excluding hydrogens is 350 g/mol. The second-order valence-electron chi connectivity index (χ2n) is 6.53. The normalized spacial score (nSPS) is 10.4. The van der Waals surface area contributed by atoms with Crippen molar-refractivity contribution in [3.63, 3.8) is 0 Å². The Bertz CT molecular complexity index is 902. The molecule has 0 saturated heterocycles. The molecule has 0 amide bonds. The van der Waals surface area contributed by atoms with Crippen LogP contribution in [-0.4, -0.2) is 12.6 Å². The summed E-state index contributed by atoms with van der Waals surface area (Å²) in [6, 6.07) is 23.6. The van der Waals surface area contributed by atoms with E-state index in [-0.39, 0.29) is 5.97 Å². The molecule has 144 valence electrons. The summed E-state index contributed by atoms with van der Waals surface area (Å²) in [5, 5.41) is 3.37. The monoisotopic (exact) mass is 375 g/mol. The second kappa shape index (κ2) is 9.60. The Hall–Kier alpha value is -3.27. The zero-order chi connectivity index (χ0) is 19.8. The van der Waals surface area contributed by atoms with Crippen LogP contribution in [-0.2, 0) is 17.9 Å². The van der Waals surface area contributed by atoms with Gasteiger partial charge in [0, 0.05) is 17.8 Å². The lowest BCUT2D eigenvalue weighted by molar-refractivity contribution is 0.0526. The van der Waals surface area contributed by atoms with Crippen molar-refractivity contribution in [2.45, 2.75) is 27.0 Å². The van der Waals surface area contributed by atoms with Crippen LogP contribution in [0, 0.1) is 6.92 Å². The number of esters is 1. The standard InChI is InChI=1S/C24H25NO3/c1-3-27-24(26)20-12-14-22(15-13-20)25-16-21-6-4-5-7-23(21)28-17-19-10-8-18(2)9-11-19/h4-15,25H,3,16-17H2,1-2H3. The van der Waals surface area contributed by atoms with Gasteiger partial charge in [0.05, 0.1) is 12.2 Å². The topological polar surface area (TPSA) is 47.6 Å². The molecule has 0 aliphatic rings. The number of benzene rings is 3. The van der Waals surface area contributed by atoms with Crippen molar-refractivity contribution in [1.29, 1.82) is 0 Å². The van der Waals surface area contributed by atoms with E-state index < -0.39 is 0 Å². The lowest BCUT2D eigenvalue weighted by Crippen LogP contribution is -2.06. The van der Waals surface area contributed by atoms with Gasteiger partial charge >= 0.3 is 5.97 Å². The Morgan fingerprint density at radius 3 is 2.36 bits per heavy atom. The summed E-state index contributed by atoms with van der Waals surface area (Å²) in [7, 11) is 0. The highest BCUT2D eigenvalue weighted by atomic mass is 16.5. The van der Waals surface area contributed by atoms with Gasteiger partial charge in [0.2, 0.25) is 0 Å². The molecule has 0 aliphatic heterocycles. The van der Waals surface area contributed by atoms with Gasteiger partial charge in [-0.05, 0) is 49.7 Å². The van der Waals surface area contributed by atoms with E-state index in [1.165, 1.54) is 5.56 Å². The van der Waals surface area contributed by atoms with Gasteiger partial charge in [-0.15, -0.1) is 0 Å². The highest BCUT2D eigenvalue weighted by molar-refractivity contribution is 5.89. The molecule has 3 rings (SSSR count). The fourth-order valence-electron chi connectivity index (χ4n) is 2.77. The van der Waals surface area contributed by atoms with E-state index in [0.717, 1.165) is 22.6 Å². The van der Waals surface area contributed by atoms with Crippen LogP contribution in [0.1, 0.15) is 34.0 Å². The van der Waals surface area contributed by atoms with E-state index in [1.54, 1.807) is 19.1 Å². The van der Waals surface area contributed by atoms with E-state index in [2.05, 4.69) is 36.5 Å². The molecular formula is C24H25NO3. The van der Waals surface area contributed by atoms with Crippen molar-refractivity contribution in [3.8, 4) is 5.75 Å². The van der Waals surface area contributed by atoms with Gasteiger partial charge in [0.25, 0.3) is 0 Å². The van der Waals surface area contributed by atoms with Gasteiger partial charge in [-0.3, -0.25) is 0 Å². The van der Waals surface area contributed by atoms with Gasteiger partial charge in [-0.2, -0.15) is 0 Å². The molecule has 0 fully saturated rings. The number of carbonyl (C=O) groups is 1. The van der Waals surface area contributed by atoms with Crippen molar-refractivity contribution in [3.05, 3.63) is 95.1 Å². The van der Waals surface area contributed by atoms with Crippen molar-refractivity contribution in [2.75, 3.05) is 11.9 Å². The zero-order valence-electron chi connectivity index (χ0n) is 16.3. The smallest absolute Gasteiger partial charge is 0.338 e. The van der Waals surface area contributed by atoms with Crippen LogP contribution in [0.2, 0.25) is 0 Å². The summed E-state index contributed by atoms with van der Waals surface area (Å²) in [5.41, 5.74) is 4.94. The third-order valence-electron chi connectivity index (χ3n) is 4.37. The molecule has 0 bridgehead atoms. The summed E-state index contributed by atoms with van der Waals surface area (Å²) in [6.07, 6.45) is 0. The Kier molecular flexibility index (Phi) is 6.68. The second-order valence-corrected chi connectivity index (χ2v) is 6.53. The lowest BCUT2D eigenvalue weighted by Gasteiger charge is -2.13. The van der Waals surface area contributed by atoms with Crippen molar-refractivity contribution >= 4 is 11.7 Å². The molecule has 0 radical (unpaired) electrons. The maximum atomic E-state index is 11.7. The predicted octanol–water partition coefficient (Wildman–Crippen LogP) is 5.36. The van der Waals surface area contributed by atoms with Crippen LogP contribution in [0.3, 0.4) is 0 Å². The van der Waals surface area contributed by atoms with E-state index in [1.807, 2.05) is 36.4 Å². The van der Waals surface area contributed by atoms with E-state index in [4.69, 9.17) is 9.47 Å². The number of rotatable bonds is 8. The molecule has 0 aromatic heterocycles. The summed E-state index contributed by atoms with van der Waals surface area (Å²) < 4.78 is 11.0. The van der Waals surface area contributed by atoms with Gasteiger partial charge in [0.15, 0.2) is 0 Å². The number of anilines is 1. The molecule has 1 N–H and O–H groups in total. The minimum absolute atomic E-state index is 0.302. The summed E-state index contributed by atoms with van der Waals surface area (Å²) in [5.74, 6) is 0.558. The van der Waals surface area contributed by atoms with Gasteiger partial charge < -0.3 is 14.8 Å². The Balaban J connectivity index is 1.60. The first-order valence-electron chi connectivity index (χ1n) is 9.43. The third-order valence-corrected chi connectivity index (χ3v) is 4.37. The lowest BCUT2D eigenvalue weighted by atomic mass is 10.1. The van der Waals surface area contributed by atoms with Crippen molar-refractivity contribution in [1.82, 2.24) is 0 Å². The number of hydrogen-bond donors (Lipinski definition) is 1. The van der Waals surface area contributed by atoms with Crippen LogP contribution < -0.4 is 10.1 Å². The maximum Gasteiger partial charge on any atom is 0.338 e. The molecule has 0 heterocycles. The first-order valence-corrected chi connectivity index (χ1v) is 9.43. The summed E-state index contributed by atoms with van der Waals surface area (Å²) in [4.78, 5) is 11.7. The first kappa shape index (κ1) is 19.5. The first-order chi connectivity index (χ1) is 13.7. The predicted molar refractivity (Wildman–Crippen MR) is 112 cm³/mol. The van der Waals surface area contributed by atoms with Crippen molar-refractivity contribution < 1.29 is 14.3 Å². The average Bonchev–Trinajstić information content (AvgIpc) is 2.73. The van der Waals surface area contributed by atoms with E-state index in [9.17, 15) is 4.79 Å². The number of nitrogens with one attached hydrogen (secondary N) is 1. The maximum absolute atomic E-state index is 11.7. The molecule has 4 nitrogen and oxygen atoms in total. The molecule has 0 aliphatic carbocycles. The van der Waals surface area contributed by atoms with Crippen LogP contribution in [0.25, 0.3) is 0 Å². The van der Waals surface area contributed by atoms with Gasteiger partial charge in [-0.1, -0.05) is 48.0 Å². The minimum Gasteiger partial charge on any atom is -0.489 e. The van der Waals surface area contributed by atoms with Crippen LogP contribution in [0.15, 0.2) is 72.8 Å². The Morgan fingerprint density at radius 2 is 1.64 bits per heavy atom. The molecule has 0 unspecified atom stereocenters. The summed E-state index contributed by atoms with van der Waals surface area (Å²) >= 11 is 0. The van der Waals surface area contributed by atoms with Gasteiger partial charge in [-0.25, -0.2) is 4.79 Å². The fourth-order valence-corrected chi connectivity index (χ4v) is 2.77. The molecule has 3 aromatic carbocycles. The quantitative estimate of drug-likeness (QED) is 0.538. The SMILES string of the molecule is CCOC(=O)c1ccc(NCc2ccccc2OCc2ccc(C)cc2)cc1. The summed E-state index contributed by atoms with van der Waals surface area (Å²) in [6.45, 7) is 5.41. The largest absolute Gasteiger partial charge is 0.489 e. The Labute approximate surface area is 166 Å². The molecule has 3 aromatic rings. The zero-order valence-corrected chi connectivity index (χ0v) is 16.3. The molecule has 4 heteroatoms. The molecule has 28 heavy (non-hydrogen) atoms. The highest BCUT2D eigenvalue weighted by Crippen LogP contribution is 2.21. The Morgan fingerprint density at radius 1 is 0.929 bits per heavy atom. The minimum atomic E-state index is -0.302. The van der Waals surface area contributed by atoms with Crippen LogP contribution in [0.4, 0.5) is 5.69 Å². The molecule has 0 saturated carbocycles. The van der Waals surface area contributed by atoms with E-state index in [0.29, 0.717) is 25.3 Å². The average molecular weight is 375 g/mol. The van der Waals surface area contributed by atoms with Crippen molar-refractivity contribution in [2.24, 2.45) is 0 Å². The fraction of sp³-hybridized carbons (Fsp3) is 0.208. The van der Waals surface area contributed by atoms with Crippen LogP contribution in [0.5, 0.6) is 5.75 Å². The third kappa shape index (κ3) is 5.36. The molecule has 0 spiro atoms. The molecule has 0 atom stereocenters.